The van der Waals surface area contributed by atoms with Gasteiger partial charge in [-0.25, -0.2) is 0 Å². The highest BCUT2D eigenvalue weighted by atomic mass is 16.5. The fourth-order valence-corrected chi connectivity index (χ4v) is 2.67. The molecule has 0 aromatic heterocycles. The van der Waals surface area contributed by atoms with E-state index in [9.17, 15) is 0 Å². The molecule has 18 heavy (non-hydrogen) atoms. The van der Waals surface area contributed by atoms with Crippen LogP contribution in [0.5, 0.6) is 0 Å². The Bertz CT molecular complexity index is 129. The molecular formula is C16H34O2. The van der Waals surface area contributed by atoms with E-state index in [0.29, 0.717) is 18.6 Å². The van der Waals surface area contributed by atoms with Gasteiger partial charge in [0, 0.05) is 13.7 Å². The van der Waals surface area contributed by atoms with Gasteiger partial charge in [0.2, 0.25) is 0 Å². The standard InChI is InChI=1S/2C7H14O.C2H6/c1-8-7-5-3-2-4-6-7;8-6-7-4-2-1-3-5-7;1-2/h7H,2-6H2,1H3;7-8H,1-6H2;1-2H3. The molecule has 0 spiro atoms. The second kappa shape index (κ2) is 13.4. The van der Waals surface area contributed by atoms with Crippen LogP contribution < -0.4 is 0 Å². The number of aliphatic hydroxyl groups excluding tert-OH is 1. The van der Waals surface area contributed by atoms with Crippen molar-refractivity contribution in [3.8, 4) is 0 Å². The SMILES string of the molecule is CC.COC1CCCCC1.OCC1CCCCC1. The van der Waals surface area contributed by atoms with Crippen molar-refractivity contribution in [2.45, 2.75) is 84.2 Å². The summed E-state index contributed by atoms with van der Waals surface area (Å²) in [5.74, 6) is 0.642. The van der Waals surface area contributed by atoms with E-state index in [2.05, 4.69) is 0 Å². The number of hydrogen-bond acceptors (Lipinski definition) is 2. The summed E-state index contributed by atoms with van der Waals surface area (Å²) in [6.45, 7) is 4.42. The smallest absolute Gasteiger partial charge is 0.0571 e. The first-order chi connectivity index (χ1) is 8.86. The molecule has 2 nitrogen and oxygen atoms in total. The van der Waals surface area contributed by atoms with Crippen molar-refractivity contribution in [1.82, 2.24) is 0 Å². The molecule has 0 aromatic rings. The number of aliphatic hydroxyl groups is 1. The fraction of sp³-hybridized carbons (Fsp3) is 1.00. The Balaban J connectivity index is 0.000000283. The molecule has 110 valence electrons. The van der Waals surface area contributed by atoms with Crippen molar-refractivity contribution < 1.29 is 9.84 Å². The number of ether oxygens (including phenoxy) is 1. The summed E-state index contributed by atoms with van der Waals surface area (Å²) >= 11 is 0. The topological polar surface area (TPSA) is 29.5 Å². The van der Waals surface area contributed by atoms with E-state index in [1.165, 1.54) is 64.2 Å². The van der Waals surface area contributed by atoms with Gasteiger partial charge in [-0.3, -0.25) is 0 Å². The Labute approximate surface area is 114 Å². The zero-order chi connectivity index (χ0) is 13.6. The maximum absolute atomic E-state index is 8.69. The summed E-state index contributed by atoms with van der Waals surface area (Å²) in [6.07, 6.45) is 13.9. The number of rotatable bonds is 2. The van der Waals surface area contributed by atoms with Crippen LogP contribution in [0.1, 0.15) is 78.1 Å². The van der Waals surface area contributed by atoms with E-state index in [4.69, 9.17) is 9.84 Å². The van der Waals surface area contributed by atoms with Gasteiger partial charge >= 0.3 is 0 Å². The lowest BCUT2D eigenvalue weighted by molar-refractivity contribution is 0.0710. The average Bonchev–Trinajstić information content (AvgIpc) is 2.51. The molecule has 2 aliphatic carbocycles. The molecule has 2 aliphatic rings. The molecule has 0 unspecified atom stereocenters. The Morgan fingerprint density at radius 3 is 1.56 bits per heavy atom. The van der Waals surface area contributed by atoms with E-state index in [1.54, 1.807) is 0 Å². The first kappa shape index (κ1) is 17.9. The highest BCUT2D eigenvalue weighted by Gasteiger charge is 2.11. The Hall–Kier alpha value is -0.0800. The summed E-state index contributed by atoms with van der Waals surface area (Å²) < 4.78 is 5.19. The van der Waals surface area contributed by atoms with Gasteiger partial charge in [0.15, 0.2) is 0 Å². The zero-order valence-corrected chi connectivity index (χ0v) is 12.8. The quantitative estimate of drug-likeness (QED) is 0.787. The van der Waals surface area contributed by atoms with Crippen LogP contribution in [0, 0.1) is 5.92 Å². The van der Waals surface area contributed by atoms with Crippen LogP contribution in [0.25, 0.3) is 0 Å². The van der Waals surface area contributed by atoms with Crippen LogP contribution in [-0.2, 0) is 4.74 Å². The van der Waals surface area contributed by atoms with Crippen molar-refractivity contribution >= 4 is 0 Å². The van der Waals surface area contributed by atoms with Crippen LogP contribution in [0.15, 0.2) is 0 Å². The molecule has 0 aromatic carbocycles. The Morgan fingerprint density at radius 1 is 0.833 bits per heavy atom. The normalized spacial score (nSPS) is 21.3. The molecule has 2 rings (SSSR count). The van der Waals surface area contributed by atoms with Gasteiger partial charge in [0.25, 0.3) is 0 Å². The molecule has 0 saturated heterocycles. The summed E-state index contributed by atoms with van der Waals surface area (Å²) in [5.41, 5.74) is 0. The van der Waals surface area contributed by atoms with Crippen LogP contribution in [0.2, 0.25) is 0 Å². The highest BCUT2D eigenvalue weighted by molar-refractivity contribution is 4.64. The summed E-state index contributed by atoms with van der Waals surface area (Å²) in [5, 5.41) is 8.69. The van der Waals surface area contributed by atoms with E-state index in [1.807, 2.05) is 21.0 Å². The average molecular weight is 258 g/mol. The first-order valence-electron chi connectivity index (χ1n) is 8.00. The molecule has 0 atom stereocenters. The molecular weight excluding hydrogens is 224 g/mol. The van der Waals surface area contributed by atoms with Crippen molar-refractivity contribution in [3.05, 3.63) is 0 Å². The largest absolute Gasteiger partial charge is 0.396 e. The van der Waals surface area contributed by atoms with E-state index in [-0.39, 0.29) is 0 Å². The highest BCUT2D eigenvalue weighted by Crippen LogP contribution is 2.22. The van der Waals surface area contributed by atoms with Crippen molar-refractivity contribution in [3.63, 3.8) is 0 Å². The van der Waals surface area contributed by atoms with Gasteiger partial charge in [-0.05, 0) is 31.6 Å². The fourth-order valence-electron chi connectivity index (χ4n) is 2.67. The molecule has 0 aliphatic heterocycles. The van der Waals surface area contributed by atoms with Crippen LogP contribution >= 0.6 is 0 Å². The minimum absolute atomic E-state index is 0.417. The Kier molecular flexibility index (Phi) is 13.3. The molecule has 2 saturated carbocycles. The summed E-state index contributed by atoms with van der Waals surface area (Å²) in [7, 11) is 1.82. The molecule has 0 bridgehead atoms. The molecule has 2 fully saturated rings. The predicted octanol–water partition coefficient (Wildman–Crippen LogP) is 4.55. The van der Waals surface area contributed by atoms with Gasteiger partial charge in [-0.1, -0.05) is 52.4 Å². The predicted molar refractivity (Wildman–Crippen MR) is 78.9 cm³/mol. The van der Waals surface area contributed by atoms with Crippen LogP contribution in [0.4, 0.5) is 0 Å². The van der Waals surface area contributed by atoms with Crippen molar-refractivity contribution in [2.24, 2.45) is 5.92 Å². The monoisotopic (exact) mass is 258 g/mol. The van der Waals surface area contributed by atoms with Gasteiger partial charge in [0.1, 0.15) is 0 Å². The summed E-state index contributed by atoms with van der Waals surface area (Å²) in [4.78, 5) is 0. The first-order valence-corrected chi connectivity index (χ1v) is 8.00. The minimum atomic E-state index is 0.417. The summed E-state index contributed by atoms with van der Waals surface area (Å²) in [6, 6.07) is 0. The van der Waals surface area contributed by atoms with Crippen LogP contribution in [-0.4, -0.2) is 24.9 Å². The maximum Gasteiger partial charge on any atom is 0.0571 e. The third-order valence-electron chi connectivity index (χ3n) is 3.87. The van der Waals surface area contributed by atoms with Crippen molar-refractivity contribution in [2.75, 3.05) is 13.7 Å². The van der Waals surface area contributed by atoms with E-state index in [0.717, 1.165) is 0 Å². The molecule has 0 amide bonds. The Morgan fingerprint density at radius 2 is 1.28 bits per heavy atom. The van der Waals surface area contributed by atoms with E-state index >= 15 is 0 Å². The number of methoxy groups -OCH3 is 1. The second-order valence-corrected chi connectivity index (χ2v) is 5.18. The lowest BCUT2D eigenvalue weighted by atomic mass is 9.90. The van der Waals surface area contributed by atoms with Gasteiger partial charge in [-0.15, -0.1) is 0 Å². The molecule has 1 N–H and O–H groups in total. The second-order valence-electron chi connectivity index (χ2n) is 5.18. The maximum atomic E-state index is 8.69. The van der Waals surface area contributed by atoms with Gasteiger partial charge < -0.3 is 9.84 Å². The zero-order valence-electron chi connectivity index (χ0n) is 12.8. The molecule has 0 heterocycles. The lowest BCUT2D eigenvalue weighted by Gasteiger charge is -2.19. The molecule has 0 radical (unpaired) electrons. The van der Waals surface area contributed by atoms with Crippen molar-refractivity contribution in [1.29, 1.82) is 0 Å². The molecule has 2 heteroatoms. The third kappa shape index (κ3) is 8.93. The van der Waals surface area contributed by atoms with Gasteiger partial charge in [0.05, 0.1) is 6.10 Å². The number of hydrogen-bond donors (Lipinski definition) is 1. The van der Waals surface area contributed by atoms with Gasteiger partial charge in [-0.2, -0.15) is 0 Å². The lowest BCUT2D eigenvalue weighted by Crippen LogP contribution is -2.13. The minimum Gasteiger partial charge on any atom is -0.396 e. The van der Waals surface area contributed by atoms with Crippen LogP contribution in [0.3, 0.4) is 0 Å². The third-order valence-corrected chi connectivity index (χ3v) is 3.87. The van der Waals surface area contributed by atoms with E-state index < -0.39 is 0 Å².